The topological polar surface area (TPSA) is 62.3 Å². The van der Waals surface area contributed by atoms with Crippen molar-refractivity contribution >= 4 is 22.7 Å². The first-order valence-corrected chi connectivity index (χ1v) is 7.15. The van der Waals surface area contributed by atoms with Gasteiger partial charge in [-0.15, -0.1) is 0 Å². The average molecular weight is 283 g/mol. The number of benzene rings is 1. The van der Waals surface area contributed by atoms with Crippen LogP contribution in [0.2, 0.25) is 0 Å². The lowest BCUT2D eigenvalue weighted by Gasteiger charge is -2.34. The standard InChI is InChI=1S/C16H17N3O2/c1-2-14-15(20)18-9-10-19(14)16(21)12-7-8-17-13-6-4-3-5-11(12)13/h3-8,14H,2,9-10H2,1H3,(H,18,20). The van der Waals surface area contributed by atoms with Crippen molar-refractivity contribution in [2.75, 3.05) is 13.1 Å². The Morgan fingerprint density at radius 1 is 1.38 bits per heavy atom. The van der Waals surface area contributed by atoms with E-state index in [-0.39, 0.29) is 11.8 Å². The Labute approximate surface area is 123 Å². The van der Waals surface area contributed by atoms with Gasteiger partial charge in [-0.05, 0) is 18.6 Å². The maximum Gasteiger partial charge on any atom is 0.255 e. The van der Waals surface area contributed by atoms with E-state index >= 15 is 0 Å². The van der Waals surface area contributed by atoms with E-state index in [2.05, 4.69) is 10.3 Å². The van der Waals surface area contributed by atoms with Gasteiger partial charge in [-0.3, -0.25) is 14.6 Å². The molecule has 1 aliphatic heterocycles. The van der Waals surface area contributed by atoms with E-state index in [1.807, 2.05) is 31.2 Å². The van der Waals surface area contributed by atoms with E-state index in [1.165, 1.54) is 0 Å². The molecule has 5 heteroatoms. The molecule has 1 atom stereocenters. The number of aromatic nitrogens is 1. The fraction of sp³-hybridized carbons (Fsp3) is 0.312. The molecule has 108 valence electrons. The quantitative estimate of drug-likeness (QED) is 0.910. The molecule has 1 aromatic heterocycles. The molecule has 1 unspecified atom stereocenters. The fourth-order valence-electron chi connectivity index (χ4n) is 2.80. The number of hydrogen-bond donors (Lipinski definition) is 1. The van der Waals surface area contributed by atoms with Gasteiger partial charge in [0.05, 0.1) is 11.1 Å². The van der Waals surface area contributed by atoms with Gasteiger partial charge < -0.3 is 10.2 Å². The molecule has 0 aliphatic carbocycles. The van der Waals surface area contributed by atoms with Crippen LogP contribution in [-0.4, -0.2) is 40.8 Å². The van der Waals surface area contributed by atoms with Crippen LogP contribution < -0.4 is 5.32 Å². The number of piperazine rings is 1. The van der Waals surface area contributed by atoms with Crippen LogP contribution in [0.3, 0.4) is 0 Å². The maximum atomic E-state index is 12.8. The number of carbonyl (C=O) groups is 2. The SMILES string of the molecule is CCC1C(=O)NCCN1C(=O)c1ccnc2ccccc12. The number of hydrogen-bond acceptors (Lipinski definition) is 3. The van der Waals surface area contributed by atoms with Crippen molar-refractivity contribution in [1.29, 1.82) is 0 Å². The third-order valence-corrected chi connectivity index (χ3v) is 3.86. The van der Waals surface area contributed by atoms with Crippen LogP contribution in [0.4, 0.5) is 0 Å². The van der Waals surface area contributed by atoms with Gasteiger partial charge in [0.2, 0.25) is 5.91 Å². The number of nitrogens with zero attached hydrogens (tertiary/aromatic N) is 2. The van der Waals surface area contributed by atoms with Crippen LogP contribution in [0.15, 0.2) is 36.5 Å². The van der Waals surface area contributed by atoms with Crippen molar-refractivity contribution in [2.45, 2.75) is 19.4 Å². The highest BCUT2D eigenvalue weighted by atomic mass is 16.2. The minimum absolute atomic E-state index is 0.0736. The Morgan fingerprint density at radius 2 is 2.19 bits per heavy atom. The third-order valence-electron chi connectivity index (χ3n) is 3.86. The highest BCUT2D eigenvalue weighted by Crippen LogP contribution is 2.20. The van der Waals surface area contributed by atoms with Crippen LogP contribution >= 0.6 is 0 Å². The molecule has 1 saturated heterocycles. The van der Waals surface area contributed by atoms with Gasteiger partial charge in [-0.1, -0.05) is 25.1 Å². The molecule has 21 heavy (non-hydrogen) atoms. The van der Waals surface area contributed by atoms with Crippen molar-refractivity contribution in [3.8, 4) is 0 Å². The van der Waals surface area contributed by atoms with Crippen molar-refractivity contribution in [2.24, 2.45) is 0 Å². The van der Waals surface area contributed by atoms with Crippen molar-refractivity contribution in [3.63, 3.8) is 0 Å². The zero-order valence-corrected chi connectivity index (χ0v) is 11.9. The highest BCUT2D eigenvalue weighted by molar-refractivity contribution is 6.07. The van der Waals surface area contributed by atoms with Crippen LogP contribution in [0.5, 0.6) is 0 Å². The fourth-order valence-corrected chi connectivity index (χ4v) is 2.80. The molecule has 3 rings (SSSR count). The molecule has 1 fully saturated rings. The van der Waals surface area contributed by atoms with Gasteiger partial charge in [0.25, 0.3) is 5.91 Å². The Kier molecular flexibility index (Phi) is 3.56. The summed E-state index contributed by atoms with van der Waals surface area (Å²) in [7, 11) is 0. The Balaban J connectivity index is 2.02. The van der Waals surface area contributed by atoms with Crippen molar-refractivity contribution in [1.82, 2.24) is 15.2 Å². The van der Waals surface area contributed by atoms with Crippen molar-refractivity contribution in [3.05, 3.63) is 42.1 Å². The predicted molar refractivity (Wildman–Crippen MR) is 79.9 cm³/mol. The highest BCUT2D eigenvalue weighted by Gasteiger charge is 2.32. The first-order valence-electron chi connectivity index (χ1n) is 7.15. The van der Waals surface area contributed by atoms with Gasteiger partial charge >= 0.3 is 0 Å². The van der Waals surface area contributed by atoms with E-state index in [9.17, 15) is 9.59 Å². The van der Waals surface area contributed by atoms with Gasteiger partial charge in [0.15, 0.2) is 0 Å². The molecule has 0 saturated carbocycles. The number of carbonyl (C=O) groups excluding carboxylic acids is 2. The molecular weight excluding hydrogens is 266 g/mol. The number of pyridine rings is 1. The van der Waals surface area contributed by atoms with E-state index in [0.717, 1.165) is 10.9 Å². The largest absolute Gasteiger partial charge is 0.353 e. The Morgan fingerprint density at radius 3 is 3.00 bits per heavy atom. The molecule has 1 aliphatic rings. The normalized spacial score (nSPS) is 18.6. The van der Waals surface area contributed by atoms with E-state index < -0.39 is 6.04 Å². The smallest absolute Gasteiger partial charge is 0.255 e. The van der Waals surface area contributed by atoms with E-state index in [0.29, 0.717) is 25.1 Å². The second-order valence-corrected chi connectivity index (χ2v) is 5.09. The summed E-state index contributed by atoms with van der Waals surface area (Å²) in [5.41, 5.74) is 1.40. The predicted octanol–water partition coefficient (Wildman–Crippen LogP) is 1.59. The van der Waals surface area contributed by atoms with Gasteiger partial charge in [0.1, 0.15) is 6.04 Å². The summed E-state index contributed by atoms with van der Waals surface area (Å²) in [4.78, 5) is 30.7. The van der Waals surface area contributed by atoms with Gasteiger partial charge in [0, 0.05) is 24.7 Å². The summed E-state index contributed by atoms with van der Waals surface area (Å²) in [6.45, 7) is 2.96. The molecule has 2 amide bonds. The zero-order valence-electron chi connectivity index (χ0n) is 11.9. The molecular formula is C16H17N3O2. The van der Waals surface area contributed by atoms with Crippen LogP contribution in [-0.2, 0) is 4.79 Å². The Hall–Kier alpha value is -2.43. The molecule has 0 bridgehead atoms. The first kappa shape index (κ1) is 13.5. The van der Waals surface area contributed by atoms with Crippen LogP contribution in [0, 0.1) is 0 Å². The average Bonchev–Trinajstić information content (AvgIpc) is 2.53. The maximum absolute atomic E-state index is 12.8. The Bertz CT molecular complexity index is 693. The number of fused-ring (bicyclic) bond motifs is 1. The lowest BCUT2D eigenvalue weighted by molar-refractivity contribution is -0.127. The third kappa shape index (κ3) is 2.35. The van der Waals surface area contributed by atoms with Gasteiger partial charge in [-0.25, -0.2) is 0 Å². The summed E-state index contributed by atoms with van der Waals surface area (Å²) < 4.78 is 0. The molecule has 5 nitrogen and oxygen atoms in total. The number of rotatable bonds is 2. The lowest BCUT2D eigenvalue weighted by Crippen LogP contribution is -2.56. The summed E-state index contributed by atoms with van der Waals surface area (Å²) in [6, 6.07) is 8.89. The molecule has 1 aromatic carbocycles. The second kappa shape index (κ2) is 5.52. The van der Waals surface area contributed by atoms with E-state index in [4.69, 9.17) is 0 Å². The van der Waals surface area contributed by atoms with E-state index in [1.54, 1.807) is 17.2 Å². The minimum atomic E-state index is -0.391. The minimum Gasteiger partial charge on any atom is -0.353 e. The summed E-state index contributed by atoms with van der Waals surface area (Å²) in [5.74, 6) is -0.175. The van der Waals surface area contributed by atoms with Crippen LogP contribution in [0.25, 0.3) is 10.9 Å². The van der Waals surface area contributed by atoms with Gasteiger partial charge in [-0.2, -0.15) is 0 Å². The second-order valence-electron chi connectivity index (χ2n) is 5.09. The molecule has 0 spiro atoms. The molecule has 0 radical (unpaired) electrons. The monoisotopic (exact) mass is 283 g/mol. The first-order chi connectivity index (χ1) is 10.2. The lowest BCUT2D eigenvalue weighted by atomic mass is 10.0. The molecule has 2 heterocycles. The number of para-hydroxylation sites is 1. The summed E-state index contributed by atoms with van der Waals surface area (Å²) >= 11 is 0. The van der Waals surface area contributed by atoms with Crippen LogP contribution in [0.1, 0.15) is 23.7 Å². The summed E-state index contributed by atoms with van der Waals surface area (Å²) in [6.07, 6.45) is 2.25. The zero-order chi connectivity index (χ0) is 14.8. The van der Waals surface area contributed by atoms with Crippen molar-refractivity contribution < 1.29 is 9.59 Å². The summed E-state index contributed by atoms with van der Waals surface area (Å²) in [5, 5.41) is 3.64. The molecule has 2 aromatic rings. The number of amides is 2. The number of nitrogens with one attached hydrogen (secondary N) is 1. The molecule has 1 N–H and O–H groups in total.